The first kappa shape index (κ1) is 15.5. The zero-order valence-electron chi connectivity index (χ0n) is 12.9. The van der Waals surface area contributed by atoms with E-state index in [9.17, 15) is 14.7 Å². The molecule has 21 heavy (non-hydrogen) atoms. The van der Waals surface area contributed by atoms with Gasteiger partial charge < -0.3 is 10.0 Å². The summed E-state index contributed by atoms with van der Waals surface area (Å²) < 4.78 is 1.77. The van der Waals surface area contributed by atoms with Crippen molar-refractivity contribution in [3.63, 3.8) is 0 Å². The largest absolute Gasteiger partial charge is 0.480 e. The second-order valence-electron chi connectivity index (χ2n) is 5.58. The predicted octanol–water partition coefficient (Wildman–Crippen LogP) is 2.24. The molecule has 1 aromatic heterocycles. The number of carbonyl (C=O) groups excluding carboxylic acids is 1. The number of aryl methyl sites for hydroxylation is 1. The third-order valence-electron chi connectivity index (χ3n) is 4.16. The van der Waals surface area contributed by atoms with E-state index in [1.165, 1.54) is 4.90 Å². The Morgan fingerprint density at radius 3 is 2.67 bits per heavy atom. The van der Waals surface area contributed by atoms with Crippen molar-refractivity contribution < 1.29 is 14.7 Å². The van der Waals surface area contributed by atoms with Crippen LogP contribution in [0, 0.1) is 6.92 Å². The van der Waals surface area contributed by atoms with Crippen molar-refractivity contribution >= 4 is 11.9 Å². The number of carboxylic acids is 1. The number of rotatable bonds is 5. The molecule has 1 saturated heterocycles. The van der Waals surface area contributed by atoms with Crippen molar-refractivity contribution in [2.75, 3.05) is 6.54 Å². The molecule has 6 nitrogen and oxygen atoms in total. The van der Waals surface area contributed by atoms with Gasteiger partial charge in [0.15, 0.2) is 0 Å². The summed E-state index contributed by atoms with van der Waals surface area (Å²) in [4.78, 5) is 25.5. The first-order valence-corrected chi connectivity index (χ1v) is 7.59. The van der Waals surface area contributed by atoms with Crippen LogP contribution in [0.3, 0.4) is 0 Å². The van der Waals surface area contributed by atoms with E-state index in [1.54, 1.807) is 10.7 Å². The number of hydrogen-bond donors (Lipinski definition) is 1. The zero-order valence-corrected chi connectivity index (χ0v) is 12.9. The van der Waals surface area contributed by atoms with Crippen LogP contribution in [0.15, 0.2) is 6.07 Å². The van der Waals surface area contributed by atoms with Crippen molar-refractivity contribution in [2.45, 2.75) is 58.5 Å². The maximum atomic E-state index is 12.7. The Morgan fingerprint density at radius 1 is 1.43 bits per heavy atom. The SMILES string of the molecule is CCC(CC)n1nc(C)cc1C(=O)N1CCC[C@@H]1C(=O)O. The minimum atomic E-state index is -0.925. The van der Waals surface area contributed by atoms with Crippen LogP contribution in [0.25, 0.3) is 0 Å². The maximum absolute atomic E-state index is 12.7. The van der Waals surface area contributed by atoms with E-state index in [0.717, 1.165) is 25.0 Å². The van der Waals surface area contributed by atoms with Gasteiger partial charge in [-0.15, -0.1) is 0 Å². The minimum absolute atomic E-state index is 0.170. The smallest absolute Gasteiger partial charge is 0.326 e. The molecule has 1 N–H and O–H groups in total. The lowest BCUT2D eigenvalue weighted by Crippen LogP contribution is -2.41. The van der Waals surface area contributed by atoms with Gasteiger partial charge in [-0.05, 0) is 38.7 Å². The highest BCUT2D eigenvalue weighted by molar-refractivity contribution is 5.95. The molecule has 116 valence electrons. The van der Waals surface area contributed by atoms with Crippen molar-refractivity contribution in [1.82, 2.24) is 14.7 Å². The number of nitrogens with zero attached hydrogens (tertiary/aromatic N) is 3. The number of aliphatic carboxylic acids is 1. The molecular weight excluding hydrogens is 270 g/mol. The van der Waals surface area contributed by atoms with Crippen LogP contribution in [-0.4, -0.2) is 44.3 Å². The van der Waals surface area contributed by atoms with E-state index in [-0.39, 0.29) is 11.9 Å². The summed E-state index contributed by atoms with van der Waals surface area (Å²) >= 11 is 0. The van der Waals surface area contributed by atoms with Gasteiger partial charge in [-0.2, -0.15) is 5.10 Å². The molecule has 0 aromatic carbocycles. The summed E-state index contributed by atoms with van der Waals surface area (Å²) in [5.41, 5.74) is 1.30. The van der Waals surface area contributed by atoms with Gasteiger partial charge in [-0.1, -0.05) is 13.8 Å². The fraction of sp³-hybridized carbons (Fsp3) is 0.667. The molecule has 2 rings (SSSR count). The lowest BCUT2D eigenvalue weighted by molar-refractivity contribution is -0.141. The van der Waals surface area contributed by atoms with E-state index in [0.29, 0.717) is 18.7 Å². The molecule has 2 heterocycles. The molecule has 6 heteroatoms. The van der Waals surface area contributed by atoms with Gasteiger partial charge in [0.2, 0.25) is 0 Å². The van der Waals surface area contributed by atoms with Gasteiger partial charge in [0.1, 0.15) is 11.7 Å². The molecule has 0 aliphatic carbocycles. The molecule has 0 bridgehead atoms. The Balaban J connectivity index is 2.33. The summed E-state index contributed by atoms with van der Waals surface area (Å²) in [6.07, 6.45) is 3.04. The maximum Gasteiger partial charge on any atom is 0.326 e. The number of hydrogen-bond acceptors (Lipinski definition) is 3. The zero-order chi connectivity index (χ0) is 15.6. The number of carbonyl (C=O) groups is 2. The Hall–Kier alpha value is -1.85. The molecular formula is C15H23N3O3. The van der Waals surface area contributed by atoms with Crippen LogP contribution >= 0.6 is 0 Å². The summed E-state index contributed by atoms with van der Waals surface area (Å²) in [6.45, 7) is 6.49. The van der Waals surface area contributed by atoms with Crippen molar-refractivity contribution in [3.05, 3.63) is 17.5 Å². The molecule has 0 radical (unpaired) electrons. The van der Waals surface area contributed by atoms with Gasteiger partial charge in [0.05, 0.1) is 11.7 Å². The normalized spacial score (nSPS) is 18.5. The lowest BCUT2D eigenvalue weighted by Gasteiger charge is -2.23. The van der Waals surface area contributed by atoms with Gasteiger partial charge in [-0.25, -0.2) is 4.79 Å². The van der Waals surface area contributed by atoms with Crippen molar-refractivity contribution in [3.8, 4) is 0 Å². The summed E-state index contributed by atoms with van der Waals surface area (Å²) in [5, 5.41) is 13.7. The number of amides is 1. The van der Waals surface area contributed by atoms with E-state index in [2.05, 4.69) is 18.9 Å². The Bertz CT molecular complexity index is 534. The summed E-state index contributed by atoms with van der Waals surface area (Å²) in [7, 11) is 0. The van der Waals surface area contributed by atoms with E-state index in [4.69, 9.17) is 0 Å². The topological polar surface area (TPSA) is 75.4 Å². The van der Waals surface area contributed by atoms with Gasteiger partial charge in [0, 0.05) is 6.54 Å². The van der Waals surface area contributed by atoms with Crippen molar-refractivity contribution in [1.29, 1.82) is 0 Å². The molecule has 1 aliphatic heterocycles. The van der Waals surface area contributed by atoms with Crippen molar-refractivity contribution in [2.24, 2.45) is 0 Å². The predicted molar refractivity (Wildman–Crippen MR) is 78.3 cm³/mol. The third-order valence-corrected chi connectivity index (χ3v) is 4.16. The minimum Gasteiger partial charge on any atom is -0.480 e. The van der Waals surface area contributed by atoms with Crippen LogP contribution in [0.2, 0.25) is 0 Å². The standard InChI is InChI=1S/C15H23N3O3/c1-4-11(5-2)18-13(9-10(3)16-18)14(19)17-8-6-7-12(17)15(20)21/h9,11-12H,4-8H2,1-3H3,(H,20,21)/t12-/m1/s1. The summed E-state index contributed by atoms with van der Waals surface area (Å²) in [5.74, 6) is -1.14. The van der Waals surface area contributed by atoms with Gasteiger partial charge in [-0.3, -0.25) is 9.48 Å². The molecule has 1 amide bonds. The first-order chi connectivity index (χ1) is 9.99. The molecule has 1 aromatic rings. The molecule has 1 atom stereocenters. The first-order valence-electron chi connectivity index (χ1n) is 7.59. The number of likely N-dealkylation sites (tertiary alicyclic amines) is 1. The van der Waals surface area contributed by atoms with E-state index in [1.807, 2.05) is 6.92 Å². The second-order valence-corrected chi connectivity index (χ2v) is 5.58. The molecule has 0 spiro atoms. The highest BCUT2D eigenvalue weighted by Crippen LogP contribution is 2.24. The molecule has 1 fully saturated rings. The molecule has 0 saturated carbocycles. The Kier molecular flexibility index (Phi) is 4.65. The van der Waals surface area contributed by atoms with E-state index >= 15 is 0 Å². The van der Waals surface area contributed by atoms with Crippen LogP contribution < -0.4 is 0 Å². The monoisotopic (exact) mass is 293 g/mol. The quantitative estimate of drug-likeness (QED) is 0.903. The Labute approximate surface area is 124 Å². The van der Waals surface area contributed by atoms with Gasteiger partial charge in [0.25, 0.3) is 5.91 Å². The number of carboxylic acid groups (broad SMARTS) is 1. The van der Waals surface area contributed by atoms with Crippen LogP contribution in [0.5, 0.6) is 0 Å². The van der Waals surface area contributed by atoms with Gasteiger partial charge >= 0.3 is 5.97 Å². The van der Waals surface area contributed by atoms with Crippen LogP contribution in [0.1, 0.15) is 61.8 Å². The molecule has 1 aliphatic rings. The average molecular weight is 293 g/mol. The third kappa shape index (κ3) is 2.94. The summed E-state index contributed by atoms with van der Waals surface area (Å²) in [6, 6.07) is 1.23. The van der Waals surface area contributed by atoms with E-state index < -0.39 is 12.0 Å². The number of aromatic nitrogens is 2. The lowest BCUT2D eigenvalue weighted by atomic mass is 10.1. The Morgan fingerprint density at radius 2 is 2.10 bits per heavy atom. The highest BCUT2D eigenvalue weighted by atomic mass is 16.4. The fourth-order valence-corrected chi connectivity index (χ4v) is 3.00. The van der Waals surface area contributed by atoms with Crippen LogP contribution in [-0.2, 0) is 4.79 Å². The molecule has 0 unspecified atom stereocenters. The second kappa shape index (κ2) is 6.28. The average Bonchev–Trinajstić information content (AvgIpc) is 3.06. The van der Waals surface area contributed by atoms with Crippen LogP contribution in [0.4, 0.5) is 0 Å². The fourth-order valence-electron chi connectivity index (χ4n) is 3.00. The highest BCUT2D eigenvalue weighted by Gasteiger charge is 2.36.